The molecule has 0 aliphatic rings. The first-order chi connectivity index (χ1) is 10.5. The molecule has 0 aliphatic carbocycles. The molecule has 112 valence electrons. The maximum absolute atomic E-state index is 13.3. The second-order valence-corrected chi connectivity index (χ2v) is 6.23. The largest absolute Gasteiger partial charge is 0.319 e. The summed E-state index contributed by atoms with van der Waals surface area (Å²) in [6.45, 7) is 2.01. The van der Waals surface area contributed by atoms with Crippen LogP contribution in [0.2, 0.25) is 0 Å². The fourth-order valence-corrected chi connectivity index (χ4v) is 3.30. The first-order valence-electron chi connectivity index (χ1n) is 6.91. The minimum absolute atomic E-state index is 0.202. The van der Waals surface area contributed by atoms with Crippen molar-refractivity contribution in [3.8, 4) is 0 Å². The highest BCUT2D eigenvalue weighted by molar-refractivity contribution is 7.16. The van der Waals surface area contributed by atoms with Gasteiger partial charge in [-0.25, -0.2) is 4.39 Å². The number of aryl methyl sites for hydroxylation is 2. The van der Waals surface area contributed by atoms with Gasteiger partial charge in [-0.3, -0.25) is 4.79 Å². The summed E-state index contributed by atoms with van der Waals surface area (Å²) in [5, 5.41) is 0. The van der Waals surface area contributed by atoms with Crippen LogP contribution < -0.4 is 4.80 Å². The maximum atomic E-state index is 13.3. The molecule has 0 saturated carbocycles. The average molecular weight is 314 g/mol. The number of amides is 1. The van der Waals surface area contributed by atoms with Crippen LogP contribution in [-0.2, 0) is 18.3 Å². The molecule has 0 unspecified atom stereocenters. The highest BCUT2D eigenvalue weighted by Gasteiger charge is 2.06. The molecule has 3 aromatic rings. The number of carbonyl (C=O) groups is 1. The fraction of sp³-hybridized carbons (Fsp3) is 0.176. The molecule has 1 heterocycles. The number of carbonyl (C=O) groups excluding carboxylic acids is 1. The van der Waals surface area contributed by atoms with Crippen molar-refractivity contribution >= 4 is 27.5 Å². The second-order valence-electron chi connectivity index (χ2n) is 5.22. The molecule has 0 radical (unpaired) electrons. The van der Waals surface area contributed by atoms with Gasteiger partial charge in [0, 0.05) is 7.05 Å². The van der Waals surface area contributed by atoms with Crippen molar-refractivity contribution in [3.05, 3.63) is 64.2 Å². The first kappa shape index (κ1) is 14.7. The number of fused-ring (bicyclic) bond motifs is 1. The third-order valence-electron chi connectivity index (χ3n) is 3.47. The Morgan fingerprint density at radius 2 is 1.95 bits per heavy atom. The Morgan fingerprint density at radius 3 is 2.68 bits per heavy atom. The van der Waals surface area contributed by atoms with Crippen LogP contribution in [-0.4, -0.2) is 10.5 Å². The van der Waals surface area contributed by atoms with Gasteiger partial charge in [0.05, 0.1) is 16.6 Å². The van der Waals surface area contributed by atoms with E-state index >= 15 is 0 Å². The van der Waals surface area contributed by atoms with Gasteiger partial charge in [0.25, 0.3) is 5.91 Å². The number of benzene rings is 2. The lowest BCUT2D eigenvalue weighted by molar-refractivity contribution is -0.117. The Bertz CT molecular complexity index is 907. The van der Waals surface area contributed by atoms with Crippen LogP contribution >= 0.6 is 11.3 Å². The molecule has 2 aromatic carbocycles. The van der Waals surface area contributed by atoms with E-state index in [0.29, 0.717) is 4.80 Å². The van der Waals surface area contributed by atoms with Crippen molar-refractivity contribution in [3.63, 3.8) is 0 Å². The van der Waals surface area contributed by atoms with Crippen molar-refractivity contribution in [2.45, 2.75) is 13.3 Å². The van der Waals surface area contributed by atoms with Gasteiger partial charge in [0.1, 0.15) is 5.82 Å². The van der Waals surface area contributed by atoms with Crippen LogP contribution in [0.5, 0.6) is 0 Å². The number of hydrogen-bond donors (Lipinski definition) is 0. The van der Waals surface area contributed by atoms with Gasteiger partial charge >= 0.3 is 0 Å². The average Bonchev–Trinajstić information content (AvgIpc) is 2.77. The summed E-state index contributed by atoms with van der Waals surface area (Å²) in [5.41, 5.74) is 2.97. The zero-order valence-corrected chi connectivity index (χ0v) is 13.2. The van der Waals surface area contributed by atoms with Crippen molar-refractivity contribution < 1.29 is 9.18 Å². The zero-order chi connectivity index (χ0) is 15.7. The van der Waals surface area contributed by atoms with Crippen LogP contribution in [0, 0.1) is 12.7 Å². The van der Waals surface area contributed by atoms with Gasteiger partial charge in [-0.15, -0.1) is 0 Å². The lowest BCUT2D eigenvalue weighted by Gasteiger charge is -1.98. The van der Waals surface area contributed by atoms with Gasteiger partial charge in [0.2, 0.25) is 0 Å². The number of rotatable bonds is 2. The molecule has 1 amide bonds. The highest BCUT2D eigenvalue weighted by atomic mass is 32.1. The predicted molar refractivity (Wildman–Crippen MR) is 86.2 cm³/mol. The van der Waals surface area contributed by atoms with E-state index in [-0.39, 0.29) is 18.1 Å². The molecule has 0 fully saturated rings. The number of thiazole rings is 1. The number of halogens is 1. The molecule has 0 atom stereocenters. The molecule has 0 N–H and O–H groups in total. The molecule has 0 bridgehead atoms. The lowest BCUT2D eigenvalue weighted by Crippen LogP contribution is -2.14. The first-order valence-corrected chi connectivity index (χ1v) is 7.73. The molecular weight excluding hydrogens is 299 g/mol. The van der Waals surface area contributed by atoms with E-state index in [1.165, 1.54) is 23.5 Å². The van der Waals surface area contributed by atoms with E-state index in [1.807, 2.05) is 42.8 Å². The summed E-state index contributed by atoms with van der Waals surface area (Å²) in [5.74, 6) is -0.488. The lowest BCUT2D eigenvalue weighted by atomic mass is 10.1. The van der Waals surface area contributed by atoms with Crippen LogP contribution in [0.3, 0.4) is 0 Å². The molecule has 3 rings (SSSR count). The fourth-order valence-electron chi connectivity index (χ4n) is 2.24. The monoisotopic (exact) mass is 314 g/mol. The molecule has 1 aromatic heterocycles. The second kappa shape index (κ2) is 5.85. The van der Waals surface area contributed by atoms with Crippen LogP contribution in [0.15, 0.2) is 47.5 Å². The topological polar surface area (TPSA) is 34.4 Å². The van der Waals surface area contributed by atoms with E-state index in [9.17, 15) is 9.18 Å². The van der Waals surface area contributed by atoms with Gasteiger partial charge in [-0.2, -0.15) is 4.99 Å². The predicted octanol–water partition coefficient (Wildman–Crippen LogP) is 3.36. The van der Waals surface area contributed by atoms with Crippen molar-refractivity contribution in [2.24, 2.45) is 12.0 Å². The quantitative estimate of drug-likeness (QED) is 0.714. The zero-order valence-electron chi connectivity index (χ0n) is 12.3. The maximum Gasteiger partial charge on any atom is 0.252 e. The third kappa shape index (κ3) is 2.99. The van der Waals surface area contributed by atoms with Crippen LogP contribution in [0.25, 0.3) is 10.2 Å². The summed E-state index contributed by atoms with van der Waals surface area (Å²) in [6, 6.07) is 12.4. The van der Waals surface area contributed by atoms with E-state index in [2.05, 4.69) is 4.99 Å². The van der Waals surface area contributed by atoms with Crippen molar-refractivity contribution in [2.75, 3.05) is 0 Å². The Balaban J connectivity index is 1.92. The molecule has 5 heteroatoms. The standard InChI is InChI=1S/C17H15FN2OS/c1-11-3-5-12(6-4-11)9-16(21)19-17-20(2)14-8-7-13(18)10-15(14)22-17/h3-8,10H,9H2,1-2H3. The highest BCUT2D eigenvalue weighted by Crippen LogP contribution is 2.17. The van der Waals surface area contributed by atoms with E-state index < -0.39 is 0 Å². The summed E-state index contributed by atoms with van der Waals surface area (Å²) in [6.07, 6.45) is 0.267. The summed E-state index contributed by atoms with van der Waals surface area (Å²) in [7, 11) is 1.83. The number of aromatic nitrogens is 1. The molecule has 0 spiro atoms. The normalized spacial score (nSPS) is 12.0. The number of nitrogens with zero attached hydrogens (tertiary/aromatic N) is 2. The minimum atomic E-state index is -0.285. The van der Waals surface area contributed by atoms with Gasteiger partial charge in [0.15, 0.2) is 4.80 Å². The Labute approximate surface area is 131 Å². The third-order valence-corrected chi connectivity index (χ3v) is 4.56. The number of hydrogen-bond acceptors (Lipinski definition) is 2. The van der Waals surface area contributed by atoms with Crippen molar-refractivity contribution in [1.29, 1.82) is 0 Å². The summed E-state index contributed by atoms with van der Waals surface area (Å²) in [4.78, 5) is 16.9. The van der Waals surface area contributed by atoms with Gasteiger partial charge in [-0.05, 0) is 30.7 Å². The summed E-state index contributed by atoms with van der Waals surface area (Å²) >= 11 is 1.31. The minimum Gasteiger partial charge on any atom is -0.319 e. The van der Waals surface area contributed by atoms with E-state index in [1.54, 1.807) is 6.07 Å². The SMILES string of the molecule is Cc1ccc(CC(=O)N=c2sc3cc(F)ccc3n2C)cc1. The Morgan fingerprint density at radius 1 is 1.23 bits per heavy atom. The van der Waals surface area contributed by atoms with Crippen LogP contribution in [0.1, 0.15) is 11.1 Å². The van der Waals surface area contributed by atoms with E-state index in [4.69, 9.17) is 0 Å². The van der Waals surface area contributed by atoms with Gasteiger partial charge in [-0.1, -0.05) is 41.2 Å². The van der Waals surface area contributed by atoms with Crippen molar-refractivity contribution in [1.82, 2.24) is 4.57 Å². The summed E-state index contributed by atoms with van der Waals surface area (Å²) < 4.78 is 15.9. The van der Waals surface area contributed by atoms with Gasteiger partial charge < -0.3 is 4.57 Å². The Hall–Kier alpha value is -2.27. The van der Waals surface area contributed by atoms with Crippen LogP contribution in [0.4, 0.5) is 4.39 Å². The molecule has 3 nitrogen and oxygen atoms in total. The smallest absolute Gasteiger partial charge is 0.252 e. The van der Waals surface area contributed by atoms with E-state index in [0.717, 1.165) is 21.3 Å². The molecule has 22 heavy (non-hydrogen) atoms. The molecular formula is C17H15FN2OS. The molecule has 0 aliphatic heterocycles. The molecule has 0 saturated heterocycles. The Kier molecular flexibility index (Phi) is 3.90.